The second-order valence-electron chi connectivity index (χ2n) is 20.5. The molecule has 6 saturated heterocycles. The molecule has 33 nitrogen and oxygen atoms in total. The monoisotopic (exact) mass is 1180 g/mol. The van der Waals surface area contributed by atoms with Gasteiger partial charge in [-0.2, -0.15) is 0 Å². The molecule has 1 aromatic carbocycles. The standard InChI is InChI=1S/C48H78O33/c49-10-19-37(28(58)34(64)46(76-19)79-40-22(13-52)73-43(67)31(61)25(40)55)70-4-1-16-7-17(2-5-71-38-20(11-50)77-47(35(65)29(38)59)80-41-23(14-53)74-44(68)32(62)26(41)56)9-18(8-16)3-6-72-39-21(12-51)78-48(36(66)30(39)60)81-42-24(15-54)75-45(69)33(63)27(42)57/h7-9,19-69H,1-6,10-15H2/t19-,20-,21-,22-,23-,24-,25-,26-,27-,28-,29-,30-,31-,32-,33-,34-,35-,36-,37-,38-,39-,40-,41-,42-,43-,44-,45-,46-,47-,48-/m1/s1. The van der Waals surface area contributed by atoms with E-state index in [-0.39, 0.29) is 39.1 Å². The van der Waals surface area contributed by atoms with Gasteiger partial charge in [0.1, 0.15) is 146 Å². The summed E-state index contributed by atoms with van der Waals surface area (Å²) in [5.74, 6) is 0. The van der Waals surface area contributed by atoms with Gasteiger partial charge < -0.3 is 164 Å². The maximum atomic E-state index is 11.2. The Labute approximate surface area is 461 Å². The number of aliphatic hydroxyl groups excluding tert-OH is 21. The minimum atomic E-state index is -1.90. The third-order valence-corrected chi connectivity index (χ3v) is 15.1. The molecule has 6 heterocycles. The number of hydrogen-bond donors (Lipinski definition) is 21. The lowest BCUT2D eigenvalue weighted by Gasteiger charge is -2.46. The molecule has 6 aliphatic rings. The van der Waals surface area contributed by atoms with Gasteiger partial charge in [-0.15, -0.1) is 0 Å². The molecule has 0 saturated carbocycles. The first kappa shape index (κ1) is 66.4. The van der Waals surface area contributed by atoms with Gasteiger partial charge in [-0.3, -0.25) is 0 Å². The van der Waals surface area contributed by atoms with Crippen LogP contribution in [-0.2, 0) is 76.1 Å². The molecule has 21 N–H and O–H groups in total. The fourth-order valence-corrected chi connectivity index (χ4v) is 10.5. The average molecular weight is 1180 g/mol. The fraction of sp³-hybridized carbons (Fsp3) is 0.875. The molecule has 468 valence electrons. The van der Waals surface area contributed by atoms with Gasteiger partial charge in [0.05, 0.1) is 59.5 Å². The van der Waals surface area contributed by atoms with E-state index < -0.39 is 224 Å². The van der Waals surface area contributed by atoms with Crippen LogP contribution in [0.1, 0.15) is 16.7 Å². The summed E-state index contributed by atoms with van der Waals surface area (Å²) >= 11 is 0. The molecule has 6 aliphatic heterocycles. The second kappa shape index (κ2) is 30.0. The molecule has 6 fully saturated rings. The molecule has 0 unspecified atom stereocenters. The van der Waals surface area contributed by atoms with Crippen molar-refractivity contribution in [2.75, 3.05) is 59.5 Å². The Bertz CT molecular complexity index is 1790. The minimum absolute atomic E-state index is 0.0658. The highest BCUT2D eigenvalue weighted by Gasteiger charge is 2.54. The fourth-order valence-electron chi connectivity index (χ4n) is 10.5. The van der Waals surface area contributed by atoms with Crippen LogP contribution >= 0.6 is 0 Å². The lowest BCUT2D eigenvalue weighted by molar-refractivity contribution is -0.357. The summed E-state index contributed by atoms with van der Waals surface area (Å²) in [4.78, 5) is 0. The SMILES string of the molecule is OC[C@H]1O[C@@H](O)[C@H](O)[C@@H](O)[C@@H]1O[C@H]1O[C@H](CO)[C@@H](OCCc2cc(CCO[C@H]3[C@H](O)[C@@H](O)[C@@H](O[C@H]4[C@H](O)[C@@H](O)[C@H](O)O[C@@H]4CO)O[C@@H]3CO)cc(CCO[C@H]3[C@H](O)[C@@H](O)[C@@H](O[C@H]4[C@H](O)[C@@H](O)[C@H](O)O[C@@H]4CO)O[C@@H]3CO)c2)[C@H](O)[C@H]1O. The number of ether oxygens (including phenoxy) is 12. The van der Waals surface area contributed by atoms with Crippen molar-refractivity contribution in [3.8, 4) is 0 Å². The van der Waals surface area contributed by atoms with E-state index >= 15 is 0 Å². The molecular weight excluding hydrogens is 1100 g/mol. The lowest BCUT2D eigenvalue weighted by Crippen LogP contribution is -2.64. The van der Waals surface area contributed by atoms with Crippen LogP contribution in [0, 0.1) is 0 Å². The van der Waals surface area contributed by atoms with Crippen LogP contribution in [0.4, 0.5) is 0 Å². The van der Waals surface area contributed by atoms with Gasteiger partial charge in [0.15, 0.2) is 37.7 Å². The highest BCUT2D eigenvalue weighted by Crippen LogP contribution is 2.34. The average Bonchev–Trinajstić information content (AvgIpc) is 3.46. The van der Waals surface area contributed by atoms with Crippen molar-refractivity contribution < 1.29 is 164 Å². The second-order valence-corrected chi connectivity index (χ2v) is 20.5. The van der Waals surface area contributed by atoms with Crippen molar-refractivity contribution in [2.45, 2.75) is 203 Å². The van der Waals surface area contributed by atoms with E-state index in [1.54, 1.807) is 18.2 Å². The molecule has 7 rings (SSSR count). The van der Waals surface area contributed by atoms with Gasteiger partial charge in [0.2, 0.25) is 0 Å². The normalized spacial score (nSPS) is 46.2. The number of aliphatic hydroxyl groups is 21. The predicted molar refractivity (Wildman–Crippen MR) is 255 cm³/mol. The number of rotatable bonds is 24. The maximum absolute atomic E-state index is 11.2. The van der Waals surface area contributed by atoms with E-state index in [2.05, 4.69) is 0 Å². The number of hydrogen-bond acceptors (Lipinski definition) is 33. The van der Waals surface area contributed by atoms with E-state index in [4.69, 9.17) is 56.8 Å². The first-order chi connectivity index (χ1) is 38.6. The summed E-state index contributed by atoms with van der Waals surface area (Å²) in [7, 11) is 0. The molecule has 1 aromatic rings. The molecule has 0 bridgehead atoms. The minimum Gasteiger partial charge on any atom is -0.394 e. The van der Waals surface area contributed by atoms with Crippen molar-refractivity contribution in [1.82, 2.24) is 0 Å². The van der Waals surface area contributed by atoms with Crippen LogP contribution in [0.5, 0.6) is 0 Å². The Morgan fingerprint density at radius 1 is 0.272 bits per heavy atom. The molecular formula is C48H78O33. The van der Waals surface area contributed by atoms with Crippen LogP contribution in [0.25, 0.3) is 0 Å². The zero-order valence-electron chi connectivity index (χ0n) is 43.3. The molecule has 30 atom stereocenters. The lowest BCUT2D eigenvalue weighted by atomic mass is 9.96. The Morgan fingerprint density at radius 2 is 0.481 bits per heavy atom. The molecule has 81 heavy (non-hydrogen) atoms. The van der Waals surface area contributed by atoms with Crippen LogP contribution < -0.4 is 0 Å². The molecule has 0 aliphatic carbocycles. The zero-order chi connectivity index (χ0) is 59.1. The number of benzene rings is 1. The Kier molecular flexibility index (Phi) is 24.6. The third kappa shape index (κ3) is 15.2. The maximum Gasteiger partial charge on any atom is 0.187 e. The van der Waals surface area contributed by atoms with Crippen molar-refractivity contribution in [2.24, 2.45) is 0 Å². The third-order valence-electron chi connectivity index (χ3n) is 15.1. The Morgan fingerprint density at radius 3 is 0.704 bits per heavy atom. The molecule has 0 aromatic heterocycles. The van der Waals surface area contributed by atoms with Crippen LogP contribution in [-0.4, -0.2) is 351 Å². The van der Waals surface area contributed by atoms with E-state index in [1.807, 2.05) is 0 Å². The molecule has 0 amide bonds. The van der Waals surface area contributed by atoms with Gasteiger partial charge in [-0.1, -0.05) is 18.2 Å². The summed E-state index contributed by atoms with van der Waals surface area (Å²) < 4.78 is 67.1. The van der Waals surface area contributed by atoms with E-state index in [9.17, 15) is 107 Å². The van der Waals surface area contributed by atoms with Crippen LogP contribution in [0.2, 0.25) is 0 Å². The van der Waals surface area contributed by atoms with Crippen LogP contribution in [0.15, 0.2) is 18.2 Å². The Balaban J connectivity index is 1.02. The topological polar surface area (TPSA) is 536 Å². The quantitative estimate of drug-likeness (QED) is 0.0457. The van der Waals surface area contributed by atoms with E-state index in [0.717, 1.165) is 0 Å². The Hall–Kier alpha value is -2.10. The van der Waals surface area contributed by atoms with Crippen LogP contribution in [0.3, 0.4) is 0 Å². The van der Waals surface area contributed by atoms with Crippen molar-refractivity contribution in [1.29, 1.82) is 0 Å². The largest absolute Gasteiger partial charge is 0.394 e. The van der Waals surface area contributed by atoms with Gasteiger partial charge in [-0.25, -0.2) is 0 Å². The smallest absolute Gasteiger partial charge is 0.187 e. The van der Waals surface area contributed by atoms with Crippen molar-refractivity contribution >= 4 is 0 Å². The summed E-state index contributed by atoms with van der Waals surface area (Å²) in [6, 6.07) is 5.16. The van der Waals surface area contributed by atoms with Crippen molar-refractivity contribution in [3.63, 3.8) is 0 Å². The van der Waals surface area contributed by atoms with Gasteiger partial charge in [0.25, 0.3) is 0 Å². The van der Waals surface area contributed by atoms with Gasteiger partial charge in [-0.05, 0) is 36.0 Å². The predicted octanol–water partition coefficient (Wildman–Crippen LogP) is -12.8. The van der Waals surface area contributed by atoms with E-state index in [0.29, 0.717) is 16.7 Å². The molecule has 33 heteroatoms. The summed E-state index contributed by atoms with van der Waals surface area (Å²) in [6.07, 6.45) is -50.3. The summed E-state index contributed by atoms with van der Waals surface area (Å²) in [5, 5.41) is 219. The summed E-state index contributed by atoms with van der Waals surface area (Å²) in [5.41, 5.74) is 1.69. The zero-order valence-corrected chi connectivity index (χ0v) is 43.3. The van der Waals surface area contributed by atoms with Gasteiger partial charge >= 0.3 is 0 Å². The first-order valence-corrected chi connectivity index (χ1v) is 26.3. The molecule has 0 radical (unpaired) electrons. The highest BCUT2D eigenvalue weighted by atomic mass is 16.8. The van der Waals surface area contributed by atoms with Crippen molar-refractivity contribution in [3.05, 3.63) is 34.9 Å². The first-order valence-electron chi connectivity index (χ1n) is 26.3. The van der Waals surface area contributed by atoms with Gasteiger partial charge in [0, 0.05) is 0 Å². The molecule has 0 spiro atoms. The highest BCUT2D eigenvalue weighted by molar-refractivity contribution is 5.31. The van der Waals surface area contributed by atoms with E-state index in [1.165, 1.54) is 0 Å². The summed E-state index contributed by atoms with van der Waals surface area (Å²) in [6.45, 7) is -5.40.